The average molecular weight is 447 g/mol. The Kier molecular flexibility index (Phi) is 6.19. The normalized spacial score (nSPS) is 28.5. The number of fused-ring (bicyclic) bond motifs is 2. The molecule has 0 saturated carbocycles. The van der Waals surface area contributed by atoms with Crippen molar-refractivity contribution in [2.75, 3.05) is 25.1 Å². The van der Waals surface area contributed by atoms with Gasteiger partial charge in [0.25, 0.3) is 5.91 Å². The van der Waals surface area contributed by atoms with E-state index >= 15 is 0 Å². The van der Waals surface area contributed by atoms with Crippen LogP contribution in [0, 0.1) is 0 Å². The van der Waals surface area contributed by atoms with Crippen molar-refractivity contribution >= 4 is 35.4 Å². The van der Waals surface area contributed by atoms with Gasteiger partial charge in [0.2, 0.25) is 17.7 Å². The van der Waals surface area contributed by atoms with Crippen LogP contribution in [0.25, 0.3) is 0 Å². The summed E-state index contributed by atoms with van der Waals surface area (Å²) < 4.78 is 0. The van der Waals surface area contributed by atoms with Gasteiger partial charge in [0.15, 0.2) is 6.10 Å². The monoisotopic (exact) mass is 446 g/mol. The Morgan fingerprint density at radius 1 is 1.29 bits per heavy atom. The first-order chi connectivity index (χ1) is 14.9. The molecule has 0 radical (unpaired) electrons. The molecule has 4 rings (SSSR count). The molecular formula is C21H26N4O5S. The van der Waals surface area contributed by atoms with Crippen LogP contribution in [-0.2, 0) is 19.2 Å². The lowest BCUT2D eigenvalue weighted by atomic mass is 10.1. The van der Waals surface area contributed by atoms with Crippen molar-refractivity contribution in [2.24, 2.45) is 0 Å². The topological polar surface area (TPSA) is 119 Å². The first-order valence-corrected chi connectivity index (χ1v) is 11.7. The van der Waals surface area contributed by atoms with E-state index in [0.29, 0.717) is 24.2 Å². The highest BCUT2D eigenvalue weighted by Crippen LogP contribution is 2.31. The third kappa shape index (κ3) is 4.14. The number of aliphatic hydroxyl groups is 1. The molecule has 0 spiro atoms. The van der Waals surface area contributed by atoms with Crippen LogP contribution in [-0.4, -0.2) is 87.8 Å². The number of hydrogen-bond acceptors (Lipinski definition) is 6. The van der Waals surface area contributed by atoms with Crippen LogP contribution < -0.4 is 10.6 Å². The summed E-state index contributed by atoms with van der Waals surface area (Å²) in [6.07, 6.45) is 1.25. The van der Waals surface area contributed by atoms with E-state index in [1.165, 1.54) is 21.6 Å². The van der Waals surface area contributed by atoms with Gasteiger partial charge < -0.3 is 25.5 Å². The fourth-order valence-corrected chi connectivity index (χ4v) is 5.06. The van der Waals surface area contributed by atoms with Gasteiger partial charge in [0, 0.05) is 19.1 Å². The predicted octanol–water partition coefficient (Wildman–Crippen LogP) is -0.732. The molecule has 31 heavy (non-hydrogen) atoms. The number of hydrogen-bond donors (Lipinski definition) is 3. The Morgan fingerprint density at radius 3 is 2.74 bits per heavy atom. The summed E-state index contributed by atoms with van der Waals surface area (Å²) in [7, 11) is 0. The number of rotatable bonds is 5. The summed E-state index contributed by atoms with van der Waals surface area (Å²) >= 11 is 1.40. The molecule has 5 atom stereocenters. The molecule has 166 valence electrons. The lowest BCUT2D eigenvalue weighted by Gasteiger charge is -2.30. The highest BCUT2D eigenvalue weighted by molar-refractivity contribution is 7.99. The number of amides is 4. The molecule has 4 amide bonds. The molecule has 10 heteroatoms. The number of nitrogens with one attached hydrogen (secondary N) is 2. The van der Waals surface area contributed by atoms with Crippen LogP contribution in [0.15, 0.2) is 30.3 Å². The Labute approximate surface area is 184 Å². The Morgan fingerprint density at radius 2 is 2.03 bits per heavy atom. The molecule has 5 unspecified atom stereocenters. The van der Waals surface area contributed by atoms with Crippen molar-refractivity contribution in [2.45, 2.75) is 43.1 Å². The van der Waals surface area contributed by atoms with E-state index in [4.69, 9.17) is 0 Å². The van der Waals surface area contributed by atoms with Crippen LogP contribution in [0.5, 0.6) is 0 Å². The molecule has 0 bridgehead atoms. The van der Waals surface area contributed by atoms with Crippen molar-refractivity contribution in [3.8, 4) is 0 Å². The standard InChI is InChI=1S/C21H26N4O5S/c1-31-11-16(26)22-13-9-15-19(28)23-14-7-8-24(17(14)20(29)25(15)10-13)21(30)18(27)12-5-3-2-4-6-12/h2-6,13-15,17-18,27H,7-11H2,1H3,(H,22,26)(H,23,28). The second kappa shape index (κ2) is 8.88. The van der Waals surface area contributed by atoms with E-state index in [1.54, 1.807) is 30.3 Å². The summed E-state index contributed by atoms with van der Waals surface area (Å²) in [4.78, 5) is 54.1. The van der Waals surface area contributed by atoms with E-state index in [9.17, 15) is 24.3 Å². The number of benzene rings is 1. The molecule has 1 aromatic carbocycles. The number of likely N-dealkylation sites (tertiary alicyclic amines) is 1. The smallest absolute Gasteiger partial charge is 0.256 e. The number of thioether (sulfide) groups is 1. The first kappa shape index (κ1) is 21.6. The van der Waals surface area contributed by atoms with Crippen LogP contribution in [0.1, 0.15) is 24.5 Å². The zero-order valence-electron chi connectivity index (χ0n) is 17.2. The number of nitrogens with zero attached hydrogens (tertiary/aromatic N) is 2. The van der Waals surface area contributed by atoms with Crippen molar-refractivity contribution in [3.63, 3.8) is 0 Å². The lowest BCUT2D eigenvalue weighted by Crippen LogP contribution is -2.53. The average Bonchev–Trinajstić information content (AvgIpc) is 3.35. The molecule has 1 aromatic rings. The van der Waals surface area contributed by atoms with Gasteiger partial charge in [-0.25, -0.2) is 0 Å². The molecular weight excluding hydrogens is 420 g/mol. The van der Waals surface area contributed by atoms with Crippen molar-refractivity contribution in [3.05, 3.63) is 35.9 Å². The molecule has 3 aliphatic rings. The largest absolute Gasteiger partial charge is 0.378 e. The minimum atomic E-state index is -1.38. The van der Waals surface area contributed by atoms with Crippen LogP contribution in [0.4, 0.5) is 0 Å². The van der Waals surface area contributed by atoms with Gasteiger partial charge in [-0.05, 0) is 24.7 Å². The van der Waals surface area contributed by atoms with Crippen LogP contribution in [0.2, 0.25) is 0 Å². The zero-order valence-corrected chi connectivity index (χ0v) is 18.0. The molecule has 3 N–H and O–H groups in total. The van der Waals surface area contributed by atoms with Crippen LogP contribution >= 0.6 is 11.8 Å². The van der Waals surface area contributed by atoms with Crippen molar-refractivity contribution < 1.29 is 24.3 Å². The Bertz CT molecular complexity index is 882. The third-order valence-corrected chi connectivity index (χ3v) is 6.69. The number of aliphatic hydroxyl groups excluding tert-OH is 1. The van der Waals surface area contributed by atoms with Gasteiger partial charge in [-0.15, -0.1) is 0 Å². The second-order valence-corrected chi connectivity index (χ2v) is 9.00. The molecule has 0 aliphatic carbocycles. The van der Waals surface area contributed by atoms with E-state index in [-0.39, 0.29) is 36.9 Å². The van der Waals surface area contributed by atoms with E-state index < -0.39 is 30.1 Å². The maximum Gasteiger partial charge on any atom is 0.256 e. The summed E-state index contributed by atoms with van der Waals surface area (Å²) in [5, 5.41) is 16.4. The highest BCUT2D eigenvalue weighted by atomic mass is 32.2. The van der Waals surface area contributed by atoms with E-state index in [1.807, 2.05) is 6.26 Å². The Balaban J connectivity index is 1.52. The van der Waals surface area contributed by atoms with Gasteiger partial charge in [-0.1, -0.05) is 30.3 Å². The molecule has 3 heterocycles. The van der Waals surface area contributed by atoms with Crippen molar-refractivity contribution in [1.82, 2.24) is 20.4 Å². The fourth-order valence-electron chi connectivity index (χ4n) is 4.71. The quantitative estimate of drug-likeness (QED) is 0.549. The number of carbonyl (C=O) groups excluding carboxylic acids is 4. The summed E-state index contributed by atoms with van der Waals surface area (Å²) in [5.41, 5.74) is 0.455. The first-order valence-electron chi connectivity index (χ1n) is 10.3. The lowest BCUT2D eigenvalue weighted by molar-refractivity contribution is -0.149. The third-order valence-electron chi connectivity index (χ3n) is 6.14. The maximum absolute atomic E-state index is 13.4. The second-order valence-electron chi connectivity index (χ2n) is 8.13. The molecule has 3 fully saturated rings. The summed E-state index contributed by atoms with van der Waals surface area (Å²) in [5.74, 6) is -0.958. The molecule has 3 aliphatic heterocycles. The van der Waals surface area contributed by atoms with Gasteiger partial charge in [-0.2, -0.15) is 11.8 Å². The SMILES string of the molecule is CSCC(=O)NC1CC2C(=O)NC3CCN(C(=O)C(O)c4ccccc4)C3C(=O)N2C1. The minimum absolute atomic E-state index is 0.135. The van der Waals surface area contributed by atoms with Gasteiger partial charge >= 0.3 is 0 Å². The summed E-state index contributed by atoms with van der Waals surface area (Å²) in [6, 6.07) is 6.24. The predicted molar refractivity (Wildman–Crippen MR) is 114 cm³/mol. The van der Waals surface area contributed by atoms with E-state index in [2.05, 4.69) is 10.6 Å². The molecule has 3 saturated heterocycles. The van der Waals surface area contributed by atoms with E-state index in [0.717, 1.165) is 0 Å². The highest BCUT2D eigenvalue weighted by Gasteiger charge is 2.53. The molecule has 9 nitrogen and oxygen atoms in total. The van der Waals surface area contributed by atoms with Gasteiger partial charge in [0.05, 0.1) is 11.8 Å². The fraction of sp³-hybridized carbons (Fsp3) is 0.524. The summed E-state index contributed by atoms with van der Waals surface area (Å²) in [6.45, 7) is 0.500. The molecule has 0 aromatic heterocycles. The maximum atomic E-state index is 13.4. The van der Waals surface area contributed by atoms with Gasteiger partial charge in [0.1, 0.15) is 12.1 Å². The van der Waals surface area contributed by atoms with Crippen molar-refractivity contribution in [1.29, 1.82) is 0 Å². The minimum Gasteiger partial charge on any atom is -0.378 e. The van der Waals surface area contributed by atoms with Gasteiger partial charge in [-0.3, -0.25) is 19.2 Å². The Hall–Kier alpha value is -2.59. The zero-order chi connectivity index (χ0) is 22.1. The number of carbonyl (C=O) groups is 4. The van der Waals surface area contributed by atoms with Crippen LogP contribution in [0.3, 0.4) is 0 Å².